The summed E-state index contributed by atoms with van der Waals surface area (Å²) in [5.41, 5.74) is 2.52. The molecule has 1 aromatic heterocycles. The van der Waals surface area contributed by atoms with Crippen LogP contribution < -0.4 is 5.32 Å². The predicted molar refractivity (Wildman–Crippen MR) is 74.4 cm³/mol. The van der Waals surface area contributed by atoms with Crippen molar-refractivity contribution in [3.63, 3.8) is 0 Å². The van der Waals surface area contributed by atoms with E-state index < -0.39 is 0 Å². The van der Waals surface area contributed by atoms with Crippen LogP contribution in [0.25, 0.3) is 0 Å². The van der Waals surface area contributed by atoms with Gasteiger partial charge >= 0.3 is 0 Å². The van der Waals surface area contributed by atoms with Crippen molar-refractivity contribution in [2.24, 2.45) is 5.92 Å². The Hall–Kier alpha value is -0.960. The Labute approximate surface area is 110 Å². The largest absolute Gasteiger partial charge is 0.310 e. The van der Waals surface area contributed by atoms with Gasteiger partial charge in [-0.1, -0.05) is 27.2 Å². The zero-order valence-electron chi connectivity index (χ0n) is 11.9. The summed E-state index contributed by atoms with van der Waals surface area (Å²) in [6, 6.07) is 0.505. The molecule has 1 N–H and O–H groups in total. The first kappa shape index (κ1) is 13.5. The van der Waals surface area contributed by atoms with Crippen LogP contribution in [0.3, 0.4) is 0 Å². The number of nitrogens with zero attached hydrogens (tertiary/aromatic N) is 2. The SMILES string of the molecule is CCCc1nc(CC2CC2)ncc1CNC(C)C. The Bertz CT molecular complexity index is 383. The molecule has 0 saturated heterocycles. The Morgan fingerprint density at radius 2 is 2.17 bits per heavy atom. The summed E-state index contributed by atoms with van der Waals surface area (Å²) in [6.07, 6.45) is 8.05. The van der Waals surface area contributed by atoms with Crippen LogP contribution in [0.15, 0.2) is 6.20 Å². The summed E-state index contributed by atoms with van der Waals surface area (Å²) in [7, 11) is 0. The third-order valence-electron chi connectivity index (χ3n) is 3.36. The molecule has 100 valence electrons. The highest BCUT2D eigenvalue weighted by atomic mass is 14.9. The molecule has 1 aliphatic rings. The Kier molecular flexibility index (Phi) is 4.70. The normalized spacial score (nSPS) is 15.3. The van der Waals surface area contributed by atoms with Crippen LogP contribution in [0, 0.1) is 5.92 Å². The molecule has 0 amide bonds. The highest BCUT2D eigenvalue weighted by Crippen LogP contribution is 2.31. The molecule has 1 aromatic rings. The number of rotatable bonds is 7. The number of aryl methyl sites for hydroxylation is 1. The first-order valence-electron chi connectivity index (χ1n) is 7.26. The van der Waals surface area contributed by atoms with Crippen LogP contribution in [0.2, 0.25) is 0 Å². The summed E-state index contributed by atoms with van der Waals surface area (Å²) in [5, 5.41) is 3.45. The Morgan fingerprint density at radius 1 is 1.39 bits per heavy atom. The second-order valence-corrected chi connectivity index (χ2v) is 5.69. The zero-order valence-corrected chi connectivity index (χ0v) is 11.9. The zero-order chi connectivity index (χ0) is 13.0. The van der Waals surface area contributed by atoms with Gasteiger partial charge in [-0.05, 0) is 25.2 Å². The van der Waals surface area contributed by atoms with Crippen molar-refractivity contribution in [1.82, 2.24) is 15.3 Å². The molecule has 1 fully saturated rings. The average molecular weight is 247 g/mol. The van der Waals surface area contributed by atoms with Gasteiger partial charge in [-0.15, -0.1) is 0 Å². The van der Waals surface area contributed by atoms with E-state index in [2.05, 4.69) is 31.1 Å². The molecule has 3 heteroatoms. The summed E-state index contributed by atoms with van der Waals surface area (Å²) in [5.74, 6) is 1.91. The minimum absolute atomic E-state index is 0.505. The van der Waals surface area contributed by atoms with Gasteiger partial charge in [0.1, 0.15) is 5.82 Å². The lowest BCUT2D eigenvalue weighted by Crippen LogP contribution is -2.23. The van der Waals surface area contributed by atoms with Crippen LogP contribution in [0.4, 0.5) is 0 Å². The number of hydrogen-bond acceptors (Lipinski definition) is 3. The first-order chi connectivity index (χ1) is 8.69. The van der Waals surface area contributed by atoms with E-state index in [-0.39, 0.29) is 0 Å². The van der Waals surface area contributed by atoms with Crippen LogP contribution in [0.1, 0.15) is 57.1 Å². The molecule has 1 saturated carbocycles. The van der Waals surface area contributed by atoms with Gasteiger partial charge in [0, 0.05) is 36.5 Å². The fraction of sp³-hybridized carbons (Fsp3) is 0.733. The molecule has 0 atom stereocenters. The molecule has 0 unspecified atom stereocenters. The van der Waals surface area contributed by atoms with Crippen LogP contribution >= 0.6 is 0 Å². The number of aromatic nitrogens is 2. The molecular formula is C15H25N3. The van der Waals surface area contributed by atoms with Crippen molar-refractivity contribution < 1.29 is 0 Å². The molecule has 0 aromatic carbocycles. The maximum atomic E-state index is 4.77. The number of hydrogen-bond donors (Lipinski definition) is 1. The van der Waals surface area contributed by atoms with Gasteiger partial charge in [0.2, 0.25) is 0 Å². The van der Waals surface area contributed by atoms with Gasteiger partial charge < -0.3 is 5.32 Å². The topological polar surface area (TPSA) is 37.8 Å². The maximum absolute atomic E-state index is 4.77. The molecule has 0 spiro atoms. The molecule has 1 aliphatic carbocycles. The van der Waals surface area contributed by atoms with E-state index >= 15 is 0 Å². The van der Waals surface area contributed by atoms with Gasteiger partial charge in [-0.3, -0.25) is 0 Å². The van der Waals surface area contributed by atoms with Gasteiger partial charge in [0.25, 0.3) is 0 Å². The fourth-order valence-electron chi connectivity index (χ4n) is 2.08. The first-order valence-corrected chi connectivity index (χ1v) is 7.26. The molecular weight excluding hydrogens is 222 g/mol. The van der Waals surface area contributed by atoms with Crippen molar-refractivity contribution in [1.29, 1.82) is 0 Å². The van der Waals surface area contributed by atoms with Crippen molar-refractivity contribution in [3.8, 4) is 0 Å². The maximum Gasteiger partial charge on any atom is 0.128 e. The lowest BCUT2D eigenvalue weighted by molar-refractivity contribution is 0.580. The second kappa shape index (κ2) is 6.28. The van der Waals surface area contributed by atoms with Crippen LogP contribution in [-0.2, 0) is 19.4 Å². The highest BCUT2D eigenvalue weighted by molar-refractivity contribution is 5.18. The van der Waals surface area contributed by atoms with E-state index in [1.54, 1.807) is 0 Å². The van der Waals surface area contributed by atoms with E-state index in [4.69, 9.17) is 4.98 Å². The summed E-state index contributed by atoms with van der Waals surface area (Å²) in [6.45, 7) is 7.43. The van der Waals surface area contributed by atoms with Crippen LogP contribution in [-0.4, -0.2) is 16.0 Å². The third kappa shape index (κ3) is 4.05. The Morgan fingerprint density at radius 3 is 2.78 bits per heavy atom. The van der Waals surface area contributed by atoms with E-state index in [1.165, 1.54) is 24.1 Å². The van der Waals surface area contributed by atoms with Crippen molar-refractivity contribution in [2.75, 3.05) is 0 Å². The quantitative estimate of drug-likeness (QED) is 0.805. The highest BCUT2D eigenvalue weighted by Gasteiger charge is 2.23. The molecule has 0 radical (unpaired) electrons. The van der Waals surface area contributed by atoms with Gasteiger partial charge in [-0.2, -0.15) is 0 Å². The minimum atomic E-state index is 0.505. The van der Waals surface area contributed by atoms with E-state index in [0.29, 0.717) is 6.04 Å². The molecule has 3 nitrogen and oxygen atoms in total. The molecule has 1 heterocycles. The Balaban J connectivity index is 2.06. The molecule has 0 bridgehead atoms. The molecule has 0 aliphatic heterocycles. The van der Waals surface area contributed by atoms with Crippen LogP contribution in [0.5, 0.6) is 0 Å². The lowest BCUT2D eigenvalue weighted by Gasteiger charge is -2.12. The lowest BCUT2D eigenvalue weighted by atomic mass is 10.1. The summed E-state index contributed by atoms with van der Waals surface area (Å²) in [4.78, 5) is 9.30. The minimum Gasteiger partial charge on any atom is -0.310 e. The predicted octanol–water partition coefficient (Wildman–Crippen LogP) is 2.88. The standard InChI is InChI=1S/C15H25N3/c1-4-5-14-13(9-16-11(2)3)10-17-15(18-14)8-12-6-7-12/h10-12,16H,4-9H2,1-3H3. The van der Waals surface area contributed by atoms with E-state index in [1.807, 2.05) is 6.20 Å². The molecule has 18 heavy (non-hydrogen) atoms. The molecule has 2 rings (SSSR count). The van der Waals surface area contributed by atoms with Gasteiger partial charge in [0.15, 0.2) is 0 Å². The average Bonchev–Trinajstić information content (AvgIpc) is 3.12. The second-order valence-electron chi connectivity index (χ2n) is 5.69. The summed E-state index contributed by atoms with van der Waals surface area (Å²) < 4.78 is 0. The monoisotopic (exact) mass is 247 g/mol. The summed E-state index contributed by atoms with van der Waals surface area (Å²) >= 11 is 0. The third-order valence-corrected chi connectivity index (χ3v) is 3.36. The van der Waals surface area contributed by atoms with Crippen molar-refractivity contribution >= 4 is 0 Å². The van der Waals surface area contributed by atoms with E-state index in [0.717, 1.165) is 37.5 Å². The number of nitrogens with one attached hydrogen (secondary N) is 1. The van der Waals surface area contributed by atoms with Gasteiger partial charge in [0.05, 0.1) is 0 Å². The van der Waals surface area contributed by atoms with Crippen molar-refractivity contribution in [3.05, 3.63) is 23.3 Å². The van der Waals surface area contributed by atoms with Crippen molar-refractivity contribution in [2.45, 2.75) is 65.5 Å². The van der Waals surface area contributed by atoms with Gasteiger partial charge in [-0.25, -0.2) is 9.97 Å². The van der Waals surface area contributed by atoms with E-state index in [9.17, 15) is 0 Å². The smallest absolute Gasteiger partial charge is 0.128 e. The fourth-order valence-corrected chi connectivity index (χ4v) is 2.08.